The van der Waals surface area contributed by atoms with E-state index < -0.39 is 0 Å². The molecule has 7 nitrogen and oxygen atoms in total. The summed E-state index contributed by atoms with van der Waals surface area (Å²) in [6.07, 6.45) is 0.993. The Bertz CT molecular complexity index is 1190. The third kappa shape index (κ3) is 8.13. The van der Waals surface area contributed by atoms with Gasteiger partial charge >= 0.3 is 0 Å². The second kappa shape index (κ2) is 14.7. The number of hydrogen-bond acceptors (Lipinski definition) is 7. The van der Waals surface area contributed by atoms with Crippen molar-refractivity contribution in [3.63, 3.8) is 0 Å². The van der Waals surface area contributed by atoms with E-state index in [2.05, 4.69) is 26.9 Å². The summed E-state index contributed by atoms with van der Waals surface area (Å²) in [6.45, 7) is 4.65. The molecule has 0 atom stereocenters. The monoisotopic (exact) mass is 545 g/mol. The predicted octanol–water partition coefficient (Wildman–Crippen LogP) is 5.99. The molecule has 0 saturated heterocycles. The highest BCUT2D eigenvalue weighted by atomic mass is 35.5. The summed E-state index contributed by atoms with van der Waals surface area (Å²) in [7, 11) is 0. The second-order valence-electron chi connectivity index (χ2n) is 7.72. The summed E-state index contributed by atoms with van der Waals surface area (Å²) in [6, 6.07) is 23.6. The Kier molecular flexibility index (Phi) is 11.4. The number of nitrogens with one attached hydrogen (secondary N) is 1. The Morgan fingerprint density at radius 1 is 0.944 bits per heavy atom. The molecule has 0 saturated carbocycles. The number of tetrazole rings is 1. The van der Waals surface area contributed by atoms with Gasteiger partial charge in [-0.3, -0.25) is 0 Å². The van der Waals surface area contributed by atoms with E-state index in [0.717, 1.165) is 58.7 Å². The molecule has 3 aromatic carbocycles. The van der Waals surface area contributed by atoms with Crippen molar-refractivity contribution < 1.29 is 9.47 Å². The topological polar surface area (TPSA) is 74.1 Å². The van der Waals surface area contributed by atoms with Gasteiger partial charge in [0.1, 0.15) is 6.61 Å². The van der Waals surface area contributed by atoms with Crippen LogP contribution in [0.2, 0.25) is 5.02 Å². The highest BCUT2D eigenvalue weighted by Gasteiger charge is 2.09. The van der Waals surface area contributed by atoms with E-state index in [4.69, 9.17) is 21.1 Å². The Balaban J connectivity index is 0.00000361. The zero-order chi connectivity index (χ0) is 24.3. The quantitative estimate of drug-likeness (QED) is 0.163. The average Bonchev–Trinajstić information content (AvgIpc) is 3.36. The first-order valence-corrected chi connectivity index (χ1v) is 12.9. The summed E-state index contributed by atoms with van der Waals surface area (Å²) in [4.78, 5) is 0. The van der Waals surface area contributed by atoms with E-state index in [1.54, 1.807) is 16.4 Å². The molecule has 190 valence electrons. The summed E-state index contributed by atoms with van der Waals surface area (Å²) in [5, 5.41) is 17.1. The van der Waals surface area contributed by atoms with Crippen LogP contribution in [0.4, 0.5) is 0 Å². The van der Waals surface area contributed by atoms with E-state index in [0.29, 0.717) is 18.2 Å². The van der Waals surface area contributed by atoms with Crippen molar-refractivity contribution in [2.75, 3.05) is 18.9 Å². The Hall–Kier alpha value is -2.78. The van der Waals surface area contributed by atoms with Crippen LogP contribution in [0.25, 0.3) is 5.69 Å². The number of thioether (sulfide) groups is 1. The number of hydrogen-bond donors (Lipinski definition) is 1. The molecule has 0 fully saturated rings. The number of benzene rings is 3. The van der Waals surface area contributed by atoms with Gasteiger partial charge in [-0.05, 0) is 77.8 Å². The molecule has 0 bridgehead atoms. The number of aromatic nitrogens is 4. The lowest BCUT2D eigenvalue weighted by molar-refractivity contribution is 0.269. The molecule has 0 radical (unpaired) electrons. The fraction of sp³-hybridized carbons (Fsp3) is 0.269. The minimum atomic E-state index is 0. The zero-order valence-electron chi connectivity index (χ0n) is 20.0. The molecule has 4 rings (SSSR count). The molecular formula is C26H29Cl2N5O2S. The lowest BCUT2D eigenvalue weighted by Gasteiger charge is -2.14. The predicted molar refractivity (Wildman–Crippen MR) is 147 cm³/mol. The molecule has 0 amide bonds. The van der Waals surface area contributed by atoms with Gasteiger partial charge < -0.3 is 14.8 Å². The maximum absolute atomic E-state index is 6.00. The molecule has 1 heterocycles. The van der Waals surface area contributed by atoms with Crippen molar-refractivity contribution in [3.8, 4) is 17.2 Å². The van der Waals surface area contributed by atoms with E-state index >= 15 is 0 Å². The third-order valence-electron chi connectivity index (χ3n) is 5.12. The summed E-state index contributed by atoms with van der Waals surface area (Å²) >= 11 is 7.61. The third-order valence-corrected chi connectivity index (χ3v) is 6.37. The van der Waals surface area contributed by atoms with Crippen molar-refractivity contribution >= 4 is 35.8 Å². The van der Waals surface area contributed by atoms with Crippen molar-refractivity contribution in [1.29, 1.82) is 0 Å². The number of nitrogens with zero attached hydrogens (tertiary/aromatic N) is 4. The molecule has 10 heteroatoms. The van der Waals surface area contributed by atoms with Gasteiger partial charge in [-0.1, -0.05) is 59.8 Å². The van der Waals surface area contributed by atoms with Gasteiger partial charge in [0, 0.05) is 17.3 Å². The van der Waals surface area contributed by atoms with Crippen molar-refractivity contribution in [3.05, 3.63) is 88.9 Å². The van der Waals surface area contributed by atoms with Crippen LogP contribution in [0.15, 0.2) is 78.0 Å². The van der Waals surface area contributed by atoms with Crippen molar-refractivity contribution in [1.82, 2.24) is 25.5 Å². The highest BCUT2D eigenvalue weighted by Crippen LogP contribution is 2.29. The number of rotatable bonds is 13. The Morgan fingerprint density at radius 3 is 2.50 bits per heavy atom. The van der Waals surface area contributed by atoms with Gasteiger partial charge in [0.05, 0.1) is 12.3 Å². The molecule has 4 aromatic rings. The average molecular weight is 547 g/mol. The first kappa shape index (κ1) is 27.8. The van der Waals surface area contributed by atoms with Crippen LogP contribution in [-0.4, -0.2) is 39.1 Å². The Morgan fingerprint density at radius 2 is 1.72 bits per heavy atom. The largest absolute Gasteiger partial charge is 0.490 e. The molecule has 0 aliphatic rings. The van der Waals surface area contributed by atoms with Crippen LogP contribution in [0.3, 0.4) is 0 Å². The molecule has 0 spiro atoms. The van der Waals surface area contributed by atoms with E-state index in [1.807, 2.05) is 73.7 Å². The molecule has 0 aliphatic heterocycles. The van der Waals surface area contributed by atoms with Crippen molar-refractivity contribution in [2.24, 2.45) is 0 Å². The molecule has 36 heavy (non-hydrogen) atoms. The number of ether oxygens (including phenoxy) is 2. The standard InChI is InChI=1S/C26H28ClN5O2S.ClH/c1-2-33-25-17-21(11-14-24(25)34-19-20-9-12-22(27)13-10-20)18-28-15-6-16-35-26-29-30-31-32(26)23-7-4-3-5-8-23;/h3-5,7-14,17,28H,2,6,15-16,18-19H2,1H3;1H. The number of para-hydroxylation sites is 1. The maximum atomic E-state index is 6.00. The minimum absolute atomic E-state index is 0. The van der Waals surface area contributed by atoms with Crippen LogP contribution >= 0.6 is 35.8 Å². The molecular weight excluding hydrogens is 517 g/mol. The summed E-state index contributed by atoms with van der Waals surface area (Å²) in [5.41, 5.74) is 3.16. The maximum Gasteiger partial charge on any atom is 0.214 e. The zero-order valence-corrected chi connectivity index (χ0v) is 22.4. The van der Waals surface area contributed by atoms with Crippen LogP contribution in [-0.2, 0) is 13.2 Å². The van der Waals surface area contributed by atoms with Gasteiger partial charge in [0.25, 0.3) is 0 Å². The number of halogens is 2. The minimum Gasteiger partial charge on any atom is -0.490 e. The smallest absolute Gasteiger partial charge is 0.214 e. The lowest BCUT2D eigenvalue weighted by atomic mass is 10.2. The normalized spacial score (nSPS) is 10.6. The fourth-order valence-corrected chi connectivity index (χ4v) is 4.34. The summed E-state index contributed by atoms with van der Waals surface area (Å²) < 4.78 is 13.6. The van der Waals surface area contributed by atoms with Gasteiger partial charge in [-0.2, -0.15) is 4.68 Å². The lowest BCUT2D eigenvalue weighted by Crippen LogP contribution is -2.15. The first-order chi connectivity index (χ1) is 17.2. The second-order valence-corrected chi connectivity index (χ2v) is 9.22. The van der Waals surface area contributed by atoms with Crippen LogP contribution in [0.5, 0.6) is 11.5 Å². The van der Waals surface area contributed by atoms with E-state index in [-0.39, 0.29) is 12.4 Å². The molecule has 1 aromatic heterocycles. The summed E-state index contributed by atoms with van der Waals surface area (Å²) in [5.74, 6) is 2.41. The molecule has 1 N–H and O–H groups in total. The fourth-order valence-electron chi connectivity index (χ4n) is 3.39. The van der Waals surface area contributed by atoms with Crippen molar-refractivity contribution in [2.45, 2.75) is 31.7 Å². The van der Waals surface area contributed by atoms with Gasteiger partial charge in [-0.15, -0.1) is 17.5 Å². The SMILES string of the molecule is CCOc1cc(CNCCCSc2nnnn2-c2ccccc2)ccc1OCc1ccc(Cl)cc1.Cl. The first-order valence-electron chi connectivity index (χ1n) is 11.5. The van der Waals surface area contributed by atoms with Crippen LogP contribution in [0, 0.1) is 0 Å². The van der Waals surface area contributed by atoms with Crippen LogP contribution < -0.4 is 14.8 Å². The van der Waals surface area contributed by atoms with Gasteiger partial charge in [-0.25, -0.2) is 0 Å². The molecule has 0 unspecified atom stereocenters. The Labute approximate surface area is 226 Å². The van der Waals surface area contributed by atoms with Gasteiger partial charge in [0.2, 0.25) is 5.16 Å². The van der Waals surface area contributed by atoms with Gasteiger partial charge in [0.15, 0.2) is 11.5 Å². The van der Waals surface area contributed by atoms with Crippen LogP contribution in [0.1, 0.15) is 24.5 Å². The molecule has 0 aliphatic carbocycles. The van der Waals surface area contributed by atoms with E-state index in [9.17, 15) is 0 Å². The van der Waals surface area contributed by atoms with E-state index in [1.165, 1.54) is 0 Å². The highest BCUT2D eigenvalue weighted by molar-refractivity contribution is 7.99.